The first kappa shape index (κ1) is 14.7. The van der Waals surface area contributed by atoms with Crippen molar-refractivity contribution < 1.29 is 4.39 Å². The predicted molar refractivity (Wildman–Crippen MR) is 81.5 cm³/mol. The minimum absolute atomic E-state index is 0.289. The molecule has 1 aliphatic rings. The molecule has 4 nitrogen and oxygen atoms in total. The Morgan fingerprint density at radius 3 is 3.18 bits per heavy atom. The van der Waals surface area contributed by atoms with Crippen molar-refractivity contribution in [2.24, 2.45) is 5.92 Å². The summed E-state index contributed by atoms with van der Waals surface area (Å²) in [7, 11) is 2.02. The van der Waals surface area contributed by atoms with E-state index < -0.39 is 0 Å². The van der Waals surface area contributed by atoms with E-state index in [0.29, 0.717) is 18.0 Å². The van der Waals surface area contributed by atoms with E-state index in [1.54, 1.807) is 6.07 Å². The smallest absolute Gasteiger partial charge is 0.123 e. The van der Waals surface area contributed by atoms with Crippen LogP contribution in [0.15, 0.2) is 30.6 Å². The maximum absolute atomic E-state index is 13.4. The standard InChI is InChI=1S/C17H19FN4/c1-21(12-15-8-16(18)4-3-14(15)9-19)10-13-2-5-17-20-6-7-22(17)11-13/h3-4,6-8,13H,2,5,10-12H2,1H3. The number of benzene rings is 1. The molecule has 0 amide bonds. The number of hydrogen-bond acceptors (Lipinski definition) is 3. The van der Waals surface area contributed by atoms with Gasteiger partial charge in [-0.15, -0.1) is 0 Å². The number of rotatable bonds is 4. The molecular formula is C17H19FN4. The predicted octanol–water partition coefficient (Wildman–Crippen LogP) is 2.59. The SMILES string of the molecule is CN(Cc1cc(F)ccc1C#N)CC1CCc2nccn2C1. The van der Waals surface area contributed by atoms with E-state index in [1.807, 2.05) is 19.4 Å². The van der Waals surface area contributed by atoms with Crippen LogP contribution in [0.3, 0.4) is 0 Å². The highest BCUT2D eigenvalue weighted by molar-refractivity contribution is 5.37. The van der Waals surface area contributed by atoms with Crippen LogP contribution in [-0.2, 0) is 19.5 Å². The topological polar surface area (TPSA) is 44.9 Å². The van der Waals surface area contributed by atoms with Crippen LogP contribution in [-0.4, -0.2) is 28.0 Å². The zero-order chi connectivity index (χ0) is 15.5. The Hall–Kier alpha value is -2.19. The van der Waals surface area contributed by atoms with Gasteiger partial charge in [0, 0.05) is 38.4 Å². The molecule has 0 bridgehead atoms. The molecule has 22 heavy (non-hydrogen) atoms. The summed E-state index contributed by atoms with van der Waals surface area (Å²) in [6, 6.07) is 6.49. The van der Waals surface area contributed by atoms with Gasteiger partial charge in [0.1, 0.15) is 11.6 Å². The number of nitriles is 1. The van der Waals surface area contributed by atoms with Gasteiger partial charge in [-0.25, -0.2) is 9.37 Å². The van der Waals surface area contributed by atoms with Crippen LogP contribution in [0.4, 0.5) is 4.39 Å². The Bertz CT molecular complexity index is 701. The van der Waals surface area contributed by atoms with Crippen LogP contribution >= 0.6 is 0 Å². The summed E-state index contributed by atoms with van der Waals surface area (Å²) in [5.41, 5.74) is 1.30. The second kappa shape index (κ2) is 6.29. The molecule has 0 fully saturated rings. The summed E-state index contributed by atoms with van der Waals surface area (Å²) < 4.78 is 15.6. The summed E-state index contributed by atoms with van der Waals surface area (Å²) in [5, 5.41) is 9.13. The Morgan fingerprint density at radius 2 is 2.36 bits per heavy atom. The molecule has 0 saturated heterocycles. The third-order valence-corrected chi connectivity index (χ3v) is 4.23. The molecule has 3 rings (SSSR count). The van der Waals surface area contributed by atoms with Crippen LogP contribution in [0.2, 0.25) is 0 Å². The van der Waals surface area contributed by atoms with E-state index in [2.05, 4.69) is 20.5 Å². The lowest BCUT2D eigenvalue weighted by Gasteiger charge is -2.28. The maximum Gasteiger partial charge on any atom is 0.123 e. The minimum Gasteiger partial charge on any atom is -0.335 e. The number of nitrogens with zero attached hydrogens (tertiary/aromatic N) is 4. The van der Waals surface area contributed by atoms with E-state index in [4.69, 9.17) is 5.26 Å². The number of hydrogen-bond donors (Lipinski definition) is 0. The molecule has 0 radical (unpaired) electrons. The molecular weight excluding hydrogens is 279 g/mol. The van der Waals surface area contributed by atoms with E-state index >= 15 is 0 Å². The molecule has 1 unspecified atom stereocenters. The second-order valence-corrected chi connectivity index (χ2v) is 6.01. The first-order valence-corrected chi connectivity index (χ1v) is 7.53. The maximum atomic E-state index is 13.4. The third kappa shape index (κ3) is 3.18. The summed E-state index contributed by atoms with van der Waals surface area (Å²) in [4.78, 5) is 6.51. The van der Waals surface area contributed by atoms with E-state index in [1.165, 1.54) is 12.1 Å². The van der Waals surface area contributed by atoms with Gasteiger partial charge in [-0.05, 0) is 43.1 Å². The zero-order valence-corrected chi connectivity index (χ0v) is 12.7. The fourth-order valence-electron chi connectivity index (χ4n) is 3.18. The molecule has 0 aliphatic carbocycles. The highest BCUT2D eigenvalue weighted by atomic mass is 19.1. The largest absolute Gasteiger partial charge is 0.335 e. The van der Waals surface area contributed by atoms with Crippen LogP contribution in [0.5, 0.6) is 0 Å². The molecule has 1 aromatic carbocycles. The van der Waals surface area contributed by atoms with Gasteiger partial charge in [-0.3, -0.25) is 0 Å². The summed E-state index contributed by atoms with van der Waals surface area (Å²) in [6.07, 6.45) is 6.01. The fraction of sp³-hybridized carbons (Fsp3) is 0.412. The van der Waals surface area contributed by atoms with Crippen molar-refractivity contribution in [3.63, 3.8) is 0 Å². The molecule has 0 N–H and O–H groups in total. The van der Waals surface area contributed by atoms with Gasteiger partial charge < -0.3 is 9.47 Å². The highest BCUT2D eigenvalue weighted by Gasteiger charge is 2.20. The highest BCUT2D eigenvalue weighted by Crippen LogP contribution is 2.20. The Kier molecular flexibility index (Phi) is 4.21. The van der Waals surface area contributed by atoms with Crippen LogP contribution in [0.25, 0.3) is 0 Å². The lowest BCUT2D eigenvalue weighted by molar-refractivity contribution is 0.228. The first-order valence-electron chi connectivity index (χ1n) is 7.53. The number of fused-ring (bicyclic) bond motifs is 1. The van der Waals surface area contributed by atoms with Crippen molar-refractivity contribution in [1.29, 1.82) is 5.26 Å². The summed E-state index contributed by atoms with van der Waals surface area (Å²) in [6.45, 7) is 2.50. The molecule has 114 valence electrons. The van der Waals surface area contributed by atoms with Crippen molar-refractivity contribution in [3.8, 4) is 6.07 Å². The van der Waals surface area contributed by atoms with E-state index in [0.717, 1.165) is 37.3 Å². The van der Waals surface area contributed by atoms with Crippen molar-refractivity contribution >= 4 is 0 Å². The summed E-state index contributed by atoms with van der Waals surface area (Å²) >= 11 is 0. The van der Waals surface area contributed by atoms with Crippen LogP contribution in [0.1, 0.15) is 23.4 Å². The third-order valence-electron chi connectivity index (χ3n) is 4.23. The quantitative estimate of drug-likeness (QED) is 0.871. The van der Waals surface area contributed by atoms with Gasteiger partial charge >= 0.3 is 0 Å². The van der Waals surface area contributed by atoms with Crippen molar-refractivity contribution in [1.82, 2.24) is 14.5 Å². The molecule has 0 spiro atoms. The molecule has 5 heteroatoms. The van der Waals surface area contributed by atoms with Gasteiger partial charge in [0.05, 0.1) is 11.6 Å². The van der Waals surface area contributed by atoms with E-state index in [-0.39, 0.29) is 5.82 Å². The molecule has 0 saturated carbocycles. The number of aryl methyl sites for hydroxylation is 1. The molecule has 2 aromatic rings. The van der Waals surface area contributed by atoms with Gasteiger partial charge in [0.25, 0.3) is 0 Å². The molecule has 1 aromatic heterocycles. The van der Waals surface area contributed by atoms with Crippen LogP contribution < -0.4 is 0 Å². The fourth-order valence-corrected chi connectivity index (χ4v) is 3.18. The molecule has 2 heterocycles. The minimum atomic E-state index is -0.289. The zero-order valence-electron chi connectivity index (χ0n) is 12.7. The Labute approximate surface area is 129 Å². The molecule has 1 atom stereocenters. The summed E-state index contributed by atoms with van der Waals surface area (Å²) in [5.74, 6) is 1.43. The average molecular weight is 298 g/mol. The number of imidazole rings is 1. The lowest BCUT2D eigenvalue weighted by Crippen LogP contribution is -2.31. The second-order valence-electron chi connectivity index (χ2n) is 6.01. The van der Waals surface area contributed by atoms with Gasteiger partial charge in [0.15, 0.2) is 0 Å². The number of aromatic nitrogens is 2. The number of halogens is 1. The van der Waals surface area contributed by atoms with Gasteiger partial charge in [-0.2, -0.15) is 5.26 Å². The Balaban J connectivity index is 1.63. The van der Waals surface area contributed by atoms with Gasteiger partial charge in [0.2, 0.25) is 0 Å². The van der Waals surface area contributed by atoms with Crippen molar-refractivity contribution in [3.05, 3.63) is 53.4 Å². The normalized spacial score (nSPS) is 17.3. The monoisotopic (exact) mass is 298 g/mol. The van der Waals surface area contributed by atoms with Crippen LogP contribution in [0, 0.1) is 23.1 Å². The Morgan fingerprint density at radius 1 is 1.50 bits per heavy atom. The first-order chi connectivity index (χ1) is 10.7. The lowest BCUT2D eigenvalue weighted by atomic mass is 9.98. The average Bonchev–Trinajstić information content (AvgIpc) is 2.95. The van der Waals surface area contributed by atoms with Crippen molar-refractivity contribution in [2.45, 2.75) is 25.9 Å². The van der Waals surface area contributed by atoms with Crippen molar-refractivity contribution in [2.75, 3.05) is 13.6 Å². The van der Waals surface area contributed by atoms with Gasteiger partial charge in [-0.1, -0.05) is 0 Å². The van der Waals surface area contributed by atoms with E-state index in [9.17, 15) is 4.39 Å². The molecule has 1 aliphatic heterocycles.